The van der Waals surface area contributed by atoms with Gasteiger partial charge in [-0.25, -0.2) is 0 Å². The molecule has 1 rings (SSSR count). The average Bonchev–Trinajstić information content (AvgIpc) is 2.58. The number of aryl methyl sites for hydroxylation is 1. The molecule has 0 unspecified atom stereocenters. The predicted molar refractivity (Wildman–Crippen MR) is 96.2 cm³/mol. The first-order valence-electron chi connectivity index (χ1n) is 8.74. The summed E-state index contributed by atoms with van der Waals surface area (Å²) in [6.07, 6.45) is 2.23. The summed E-state index contributed by atoms with van der Waals surface area (Å²) in [6.45, 7) is 4.65. The molecule has 6 heteroatoms. The number of carbonyl (C=O) groups is 3. The Kier molecular flexibility index (Phi) is 9.29. The maximum atomic E-state index is 11.8. The Labute approximate surface area is 149 Å². The van der Waals surface area contributed by atoms with Crippen molar-refractivity contribution in [2.75, 3.05) is 13.1 Å². The fourth-order valence-electron chi connectivity index (χ4n) is 2.44. The smallest absolute Gasteiger partial charge is 0.308 e. The fourth-order valence-corrected chi connectivity index (χ4v) is 2.44. The highest BCUT2D eigenvalue weighted by molar-refractivity contribution is 5.79. The van der Waals surface area contributed by atoms with Gasteiger partial charge in [-0.15, -0.1) is 0 Å². The van der Waals surface area contributed by atoms with Crippen molar-refractivity contribution in [2.24, 2.45) is 5.92 Å². The summed E-state index contributed by atoms with van der Waals surface area (Å²) in [6, 6.07) is 7.63. The summed E-state index contributed by atoms with van der Waals surface area (Å²) in [7, 11) is 0. The van der Waals surface area contributed by atoms with Crippen molar-refractivity contribution in [3.8, 4) is 0 Å². The second kappa shape index (κ2) is 11.2. The number of hydrogen-bond acceptors (Lipinski definition) is 3. The highest BCUT2D eigenvalue weighted by Crippen LogP contribution is 2.13. The lowest BCUT2D eigenvalue weighted by Gasteiger charge is -2.15. The van der Waals surface area contributed by atoms with E-state index in [4.69, 9.17) is 0 Å². The van der Waals surface area contributed by atoms with Crippen molar-refractivity contribution in [2.45, 2.75) is 46.0 Å². The SMILES string of the molecule is CCCNC(=O)CCCC(=O)NC[C@H](Cc1ccccc1C)C(=O)O. The third-order valence-corrected chi connectivity index (χ3v) is 4.00. The Hall–Kier alpha value is -2.37. The van der Waals surface area contributed by atoms with Crippen LogP contribution in [-0.2, 0) is 20.8 Å². The Morgan fingerprint density at radius 3 is 2.32 bits per heavy atom. The van der Waals surface area contributed by atoms with Crippen LogP contribution in [0, 0.1) is 12.8 Å². The van der Waals surface area contributed by atoms with Crippen LogP contribution in [0.5, 0.6) is 0 Å². The van der Waals surface area contributed by atoms with Crippen LogP contribution in [0.2, 0.25) is 0 Å². The van der Waals surface area contributed by atoms with Crippen molar-refractivity contribution in [1.29, 1.82) is 0 Å². The zero-order valence-electron chi connectivity index (χ0n) is 15.0. The number of aliphatic carboxylic acids is 1. The van der Waals surface area contributed by atoms with Gasteiger partial charge in [0.05, 0.1) is 5.92 Å². The molecule has 0 saturated carbocycles. The van der Waals surface area contributed by atoms with Gasteiger partial charge in [-0.1, -0.05) is 31.2 Å². The number of rotatable bonds is 11. The van der Waals surface area contributed by atoms with Crippen LogP contribution in [0.3, 0.4) is 0 Å². The van der Waals surface area contributed by atoms with Crippen LogP contribution in [0.4, 0.5) is 0 Å². The molecule has 6 nitrogen and oxygen atoms in total. The third-order valence-electron chi connectivity index (χ3n) is 4.00. The lowest BCUT2D eigenvalue weighted by Crippen LogP contribution is -2.34. The van der Waals surface area contributed by atoms with E-state index in [1.807, 2.05) is 38.1 Å². The molecule has 3 N–H and O–H groups in total. The van der Waals surface area contributed by atoms with E-state index < -0.39 is 11.9 Å². The minimum Gasteiger partial charge on any atom is -0.481 e. The molecule has 0 aliphatic heterocycles. The Morgan fingerprint density at radius 2 is 1.72 bits per heavy atom. The number of hydrogen-bond donors (Lipinski definition) is 3. The zero-order chi connectivity index (χ0) is 18.7. The van der Waals surface area contributed by atoms with Gasteiger partial charge in [-0.05, 0) is 37.3 Å². The number of benzene rings is 1. The Morgan fingerprint density at radius 1 is 1.08 bits per heavy atom. The molecule has 0 aliphatic carbocycles. The van der Waals surface area contributed by atoms with Crippen molar-refractivity contribution >= 4 is 17.8 Å². The summed E-state index contributed by atoms with van der Waals surface area (Å²) in [4.78, 5) is 34.7. The van der Waals surface area contributed by atoms with Crippen LogP contribution in [0.1, 0.15) is 43.7 Å². The molecule has 1 aromatic carbocycles. The molecule has 2 amide bonds. The minimum absolute atomic E-state index is 0.0578. The number of amides is 2. The number of carbonyl (C=O) groups excluding carboxylic acids is 2. The van der Waals surface area contributed by atoms with Gasteiger partial charge in [0.1, 0.15) is 0 Å². The molecule has 0 aromatic heterocycles. The monoisotopic (exact) mass is 348 g/mol. The average molecular weight is 348 g/mol. The van der Waals surface area contributed by atoms with Gasteiger partial charge in [0.15, 0.2) is 0 Å². The van der Waals surface area contributed by atoms with Crippen LogP contribution < -0.4 is 10.6 Å². The molecular weight excluding hydrogens is 320 g/mol. The van der Waals surface area contributed by atoms with Crippen molar-refractivity contribution < 1.29 is 19.5 Å². The van der Waals surface area contributed by atoms with Gasteiger partial charge in [0.2, 0.25) is 11.8 Å². The second-order valence-corrected chi connectivity index (χ2v) is 6.17. The zero-order valence-corrected chi connectivity index (χ0v) is 15.0. The summed E-state index contributed by atoms with van der Waals surface area (Å²) in [5.74, 6) is -1.88. The highest BCUT2D eigenvalue weighted by Gasteiger charge is 2.19. The first-order chi connectivity index (χ1) is 11.9. The summed E-state index contributed by atoms with van der Waals surface area (Å²) < 4.78 is 0. The Bertz CT molecular complexity index is 587. The number of carboxylic acids is 1. The molecule has 0 bridgehead atoms. The van der Waals surface area contributed by atoms with Gasteiger partial charge in [-0.3, -0.25) is 14.4 Å². The van der Waals surface area contributed by atoms with E-state index in [2.05, 4.69) is 10.6 Å². The standard InChI is InChI=1S/C19H28N2O4/c1-3-11-20-17(22)9-6-10-18(23)21-13-16(19(24)25)12-15-8-5-4-7-14(15)2/h4-5,7-8,16H,3,6,9-13H2,1-2H3,(H,20,22)(H,21,23)(H,24,25)/t16-/m0/s1. The van der Waals surface area contributed by atoms with Crippen molar-refractivity contribution in [1.82, 2.24) is 10.6 Å². The molecule has 0 aliphatic rings. The van der Waals surface area contributed by atoms with Crippen molar-refractivity contribution in [3.63, 3.8) is 0 Å². The fraction of sp³-hybridized carbons (Fsp3) is 0.526. The van der Waals surface area contributed by atoms with Crippen LogP contribution >= 0.6 is 0 Å². The van der Waals surface area contributed by atoms with Crippen LogP contribution in [-0.4, -0.2) is 36.0 Å². The minimum atomic E-state index is -0.928. The number of carboxylic acid groups (broad SMARTS) is 1. The van der Waals surface area contributed by atoms with Crippen LogP contribution in [0.15, 0.2) is 24.3 Å². The van der Waals surface area contributed by atoms with Gasteiger partial charge in [0.25, 0.3) is 0 Å². The third kappa shape index (κ3) is 8.33. The molecular formula is C19H28N2O4. The maximum absolute atomic E-state index is 11.8. The summed E-state index contributed by atoms with van der Waals surface area (Å²) in [5.41, 5.74) is 2.01. The van der Waals surface area contributed by atoms with Gasteiger partial charge < -0.3 is 15.7 Å². The molecule has 0 heterocycles. The van der Waals surface area contributed by atoms with Crippen molar-refractivity contribution in [3.05, 3.63) is 35.4 Å². The van der Waals surface area contributed by atoms with E-state index in [-0.39, 0.29) is 24.8 Å². The van der Waals surface area contributed by atoms with Gasteiger partial charge >= 0.3 is 5.97 Å². The predicted octanol–water partition coefficient (Wildman–Crippen LogP) is 2.05. The second-order valence-electron chi connectivity index (χ2n) is 6.17. The normalized spacial score (nSPS) is 11.6. The van der Waals surface area contributed by atoms with E-state index >= 15 is 0 Å². The topological polar surface area (TPSA) is 95.5 Å². The largest absolute Gasteiger partial charge is 0.481 e. The first-order valence-corrected chi connectivity index (χ1v) is 8.74. The summed E-state index contributed by atoms with van der Waals surface area (Å²) in [5, 5.41) is 14.8. The summed E-state index contributed by atoms with van der Waals surface area (Å²) >= 11 is 0. The van der Waals surface area contributed by atoms with E-state index in [1.54, 1.807) is 0 Å². The van der Waals surface area contributed by atoms with E-state index in [0.29, 0.717) is 25.8 Å². The molecule has 0 spiro atoms. The van der Waals surface area contributed by atoms with E-state index in [9.17, 15) is 19.5 Å². The van der Waals surface area contributed by atoms with Crippen LogP contribution in [0.25, 0.3) is 0 Å². The van der Waals surface area contributed by atoms with Gasteiger partial charge in [-0.2, -0.15) is 0 Å². The molecule has 25 heavy (non-hydrogen) atoms. The maximum Gasteiger partial charge on any atom is 0.308 e. The first kappa shape index (κ1) is 20.7. The number of nitrogens with one attached hydrogen (secondary N) is 2. The van der Waals surface area contributed by atoms with E-state index in [0.717, 1.165) is 17.5 Å². The molecule has 0 fully saturated rings. The molecule has 0 radical (unpaired) electrons. The lowest BCUT2D eigenvalue weighted by molar-refractivity contribution is -0.141. The molecule has 1 atom stereocenters. The lowest BCUT2D eigenvalue weighted by atomic mass is 9.96. The molecule has 0 saturated heterocycles. The van der Waals surface area contributed by atoms with E-state index in [1.165, 1.54) is 0 Å². The molecule has 138 valence electrons. The Balaban J connectivity index is 2.37. The molecule has 1 aromatic rings. The quantitative estimate of drug-likeness (QED) is 0.570. The van der Waals surface area contributed by atoms with Gasteiger partial charge in [0, 0.05) is 25.9 Å². The highest BCUT2D eigenvalue weighted by atomic mass is 16.4.